The van der Waals surface area contributed by atoms with Gasteiger partial charge in [0.1, 0.15) is 5.75 Å². The Morgan fingerprint density at radius 3 is 2.68 bits per heavy atom. The van der Waals surface area contributed by atoms with Gasteiger partial charge in [0.25, 0.3) is 0 Å². The van der Waals surface area contributed by atoms with Crippen LogP contribution in [-0.4, -0.2) is 19.6 Å². The van der Waals surface area contributed by atoms with E-state index in [0.29, 0.717) is 0 Å². The van der Waals surface area contributed by atoms with Crippen LogP contribution in [-0.2, 0) is 11.2 Å². The van der Waals surface area contributed by atoms with Gasteiger partial charge < -0.3 is 15.4 Å². The molecule has 0 aromatic heterocycles. The first kappa shape index (κ1) is 19.5. The molecule has 2 aromatic carbocycles. The zero-order valence-electron chi connectivity index (χ0n) is 15.2. The number of aryl methyl sites for hydroxylation is 2. The third-order valence-corrected chi connectivity index (χ3v) is 4.87. The number of nitrogens with one attached hydrogen (secondary N) is 2. The molecule has 134 valence electrons. The van der Waals surface area contributed by atoms with Crippen molar-refractivity contribution in [1.29, 1.82) is 0 Å². The number of anilines is 1. The molecule has 2 N–H and O–H groups in total. The van der Waals surface area contributed by atoms with E-state index in [9.17, 15) is 4.79 Å². The summed E-state index contributed by atoms with van der Waals surface area (Å²) in [4.78, 5) is 12.3. The number of amides is 1. The van der Waals surface area contributed by atoms with E-state index in [0.717, 1.165) is 39.0 Å². The summed E-state index contributed by atoms with van der Waals surface area (Å²) in [6, 6.07) is 12.0. The summed E-state index contributed by atoms with van der Waals surface area (Å²) >= 11 is 3.49. The number of methoxy groups -OCH3 is 1. The summed E-state index contributed by atoms with van der Waals surface area (Å²) < 4.78 is 6.15. The van der Waals surface area contributed by atoms with Crippen molar-refractivity contribution in [3.8, 4) is 5.75 Å². The third kappa shape index (κ3) is 5.06. The van der Waals surface area contributed by atoms with Gasteiger partial charge in [0.2, 0.25) is 5.91 Å². The lowest BCUT2D eigenvalue weighted by Crippen LogP contribution is -2.30. The first-order valence-electron chi connectivity index (χ1n) is 8.41. The fourth-order valence-corrected chi connectivity index (χ4v) is 3.26. The molecular formula is C20H25BrN2O2. The molecule has 0 bridgehead atoms. The highest BCUT2D eigenvalue weighted by atomic mass is 79.9. The molecule has 2 rings (SSSR count). The molecule has 0 saturated heterocycles. The maximum Gasteiger partial charge on any atom is 0.238 e. The van der Waals surface area contributed by atoms with Gasteiger partial charge in [-0.25, -0.2) is 0 Å². The first-order chi connectivity index (χ1) is 12.0. The summed E-state index contributed by atoms with van der Waals surface area (Å²) in [5.41, 5.74) is 4.25. The Bertz CT molecular complexity index is 746. The second kappa shape index (κ2) is 9.02. The third-order valence-electron chi connectivity index (χ3n) is 4.25. The summed E-state index contributed by atoms with van der Waals surface area (Å²) in [6.07, 6.45) is 0.890. The van der Waals surface area contributed by atoms with E-state index >= 15 is 0 Å². The molecule has 4 nitrogen and oxygen atoms in total. The number of carbonyl (C=O) groups excluding carboxylic acids is 1. The van der Waals surface area contributed by atoms with Gasteiger partial charge in [-0.15, -0.1) is 0 Å². The van der Waals surface area contributed by atoms with Crippen molar-refractivity contribution in [2.75, 3.05) is 19.0 Å². The van der Waals surface area contributed by atoms with E-state index in [-0.39, 0.29) is 18.5 Å². The average molecular weight is 405 g/mol. The van der Waals surface area contributed by atoms with Crippen LogP contribution in [0.5, 0.6) is 5.75 Å². The SMILES string of the molecule is CCc1cccc(C)c1NC(=O)CN[C@H](C)c1ccc(OC)c(Br)c1. The maximum atomic E-state index is 12.3. The zero-order valence-corrected chi connectivity index (χ0v) is 16.7. The molecule has 1 atom stereocenters. The molecule has 0 aliphatic heterocycles. The molecule has 0 aliphatic rings. The van der Waals surface area contributed by atoms with Gasteiger partial charge in [0, 0.05) is 11.7 Å². The Balaban J connectivity index is 1.97. The van der Waals surface area contributed by atoms with Crippen LogP contribution in [0.1, 0.15) is 36.6 Å². The molecule has 0 radical (unpaired) electrons. The Morgan fingerprint density at radius 2 is 2.04 bits per heavy atom. The van der Waals surface area contributed by atoms with Crippen molar-refractivity contribution in [1.82, 2.24) is 5.32 Å². The Labute approximate surface area is 158 Å². The minimum absolute atomic E-state index is 0.0385. The summed E-state index contributed by atoms with van der Waals surface area (Å²) in [6.45, 7) is 6.39. The maximum absolute atomic E-state index is 12.3. The average Bonchev–Trinajstić information content (AvgIpc) is 2.61. The van der Waals surface area contributed by atoms with Crippen LogP contribution < -0.4 is 15.4 Å². The Hall–Kier alpha value is -1.85. The van der Waals surface area contributed by atoms with Gasteiger partial charge >= 0.3 is 0 Å². The number of hydrogen-bond acceptors (Lipinski definition) is 3. The number of benzene rings is 2. The highest BCUT2D eigenvalue weighted by Gasteiger charge is 2.12. The predicted molar refractivity (Wildman–Crippen MR) is 106 cm³/mol. The van der Waals surface area contributed by atoms with Crippen LogP contribution in [0.4, 0.5) is 5.69 Å². The topological polar surface area (TPSA) is 50.4 Å². The molecule has 25 heavy (non-hydrogen) atoms. The van der Waals surface area contributed by atoms with Crippen molar-refractivity contribution >= 4 is 27.5 Å². The fourth-order valence-electron chi connectivity index (χ4n) is 2.70. The van der Waals surface area contributed by atoms with Crippen LogP contribution >= 0.6 is 15.9 Å². The Kier molecular flexibility index (Phi) is 7.02. The lowest BCUT2D eigenvalue weighted by molar-refractivity contribution is -0.115. The molecular weight excluding hydrogens is 380 g/mol. The molecule has 5 heteroatoms. The van der Waals surface area contributed by atoms with Gasteiger partial charge in [0.15, 0.2) is 0 Å². The number of carbonyl (C=O) groups is 1. The number of rotatable bonds is 7. The van der Waals surface area contributed by atoms with E-state index in [1.807, 2.05) is 50.2 Å². The zero-order chi connectivity index (χ0) is 18.4. The molecule has 0 aliphatic carbocycles. The van der Waals surface area contributed by atoms with Crippen molar-refractivity contribution in [2.45, 2.75) is 33.2 Å². The number of halogens is 1. The van der Waals surface area contributed by atoms with Crippen LogP contribution in [0.15, 0.2) is 40.9 Å². The second-order valence-electron chi connectivity index (χ2n) is 6.01. The van der Waals surface area contributed by atoms with Crippen molar-refractivity contribution < 1.29 is 9.53 Å². The number of para-hydroxylation sites is 1. The first-order valence-corrected chi connectivity index (χ1v) is 9.20. The van der Waals surface area contributed by atoms with Gasteiger partial charge in [-0.3, -0.25) is 4.79 Å². The van der Waals surface area contributed by atoms with E-state index in [4.69, 9.17) is 4.74 Å². The molecule has 0 heterocycles. The number of hydrogen-bond donors (Lipinski definition) is 2. The second-order valence-corrected chi connectivity index (χ2v) is 6.86. The highest BCUT2D eigenvalue weighted by molar-refractivity contribution is 9.10. The van der Waals surface area contributed by atoms with E-state index in [1.165, 1.54) is 0 Å². The molecule has 2 aromatic rings. The van der Waals surface area contributed by atoms with Crippen LogP contribution in [0.2, 0.25) is 0 Å². The largest absolute Gasteiger partial charge is 0.496 e. The monoisotopic (exact) mass is 404 g/mol. The van der Waals surface area contributed by atoms with Crippen molar-refractivity contribution in [3.63, 3.8) is 0 Å². The fraction of sp³-hybridized carbons (Fsp3) is 0.350. The summed E-state index contributed by atoms with van der Waals surface area (Å²) in [5, 5.41) is 6.30. The van der Waals surface area contributed by atoms with Gasteiger partial charge in [0.05, 0.1) is 18.1 Å². The lowest BCUT2D eigenvalue weighted by Gasteiger charge is -2.17. The lowest BCUT2D eigenvalue weighted by atomic mass is 10.1. The van der Waals surface area contributed by atoms with Crippen molar-refractivity contribution in [2.24, 2.45) is 0 Å². The van der Waals surface area contributed by atoms with E-state index in [1.54, 1.807) is 7.11 Å². The van der Waals surface area contributed by atoms with Gasteiger partial charge in [-0.2, -0.15) is 0 Å². The van der Waals surface area contributed by atoms with Crippen LogP contribution in [0, 0.1) is 6.92 Å². The van der Waals surface area contributed by atoms with E-state index < -0.39 is 0 Å². The minimum atomic E-state index is -0.0385. The Morgan fingerprint density at radius 1 is 1.28 bits per heavy atom. The van der Waals surface area contributed by atoms with Crippen molar-refractivity contribution in [3.05, 3.63) is 57.6 Å². The molecule has 0 unspecified atom stereocenters. The predicted octanol–water partition coefficient (Wildman–Crippen LogP) is 4.62. The minimum Gasteiger partial charge on any atom is -0.496 e. The highest BCUT2D eigenvalue weighted by Crippen LogP contribution is 2.28. The molecule has 1 amide bonds. The van der Waals surface area contributed by atoms with E-state index in [2.05, 4.69) is 33.5 Å². The van der Waals surface area contributed by atoms with Crippen LogP contribution in [0.3, 0.4) is 0 Å². The summed E-state index contributed by atoms with van der Waals surface area (Å²) in [5.74, 6) is 0.753. The number of ether oxygens (including phenoxy) is 1. The standard InChI is InChI=1S/C20H25BrN2O2/c1-5-15-8-6-7-13(2)20(15)23-19(24)12-22-14(3)16-9-10-18(25-4)17(21)11-16/h6-11,14,22H,5,12H2,1-4H3,(H,23,24)/t14-/m1/s1. The molecule has 0 spiro atoms. The normalized spacial score (nSPS) is 11.9. The van der Waals surface area contributed by atoms with Gasteiger partial charge in [-0.05, 0) is 65.0 Å². The quantitative estimate of drug-likeness (QED) is 0.707. The van der Waals surface area contributed by atoms with Crippen LogP contribution in [0.25, 0.3) is 0 Å². The smallest absolute Gasteiger partial charge is 0.238 e. The summed E-state index contributed by atoms with van der Waals surface area (Å²) in [7, 11) is 1.64. The molecule has 0 fully saturated rings. The van der Waals surface area contributed by atoms with Gasteiger partial charge in [-0.1, -0.05) is 31.2 Å². The molecule has 0 saturated carbocycles.